The fourth-order valence-electron chi connectivity index (χ4n) is 3.58. The third-order valence-corrected chi connectivity index (χ3v) is 4.76. The van der Waals surface area contributed by atoms with Crippen LogP contribution in [0.3, 0.4) is 0 Å². The van der Waals surface area contributed by atoms with E-state index in [2.05, 4.69) is 18.9 Å². The molecular formula is C15H30N2O. The van der Waals surface area contributed by atoms with E-state index in [1.165, 1.54) is 45.2 Å². The summed E-state index contributed by atoms with van der Waals surface area (Å²) in [5.41, 5.74) is 6.28. The summed E-state index contributed by atoms with van der Waals surface area (Å²) in [5, 5.41) is 0. The predicted octanol–water partition coefficient (Wildman–Crippen LogP) is 2.11. The van der Waals surface area contributed by atoms with Crippen molar-refractivity contribution in [3.05, 3.63) is 0 Å². The van der Waals surface area contributed by atoms with Crippen molar-refractivity contribution in [3.63, 3.8) is 0 Å². The van der Waals surface area contributed by atoms with Gasteiger partial charge in [-0.25, -0.2) is 0 Å². The zero-order valence-corrected chi connectivity index (χ0v) is 12.1. The van der Waals surface area contributed by atoms with Crippen LogP contribution in [0, 0.1) is 17.8 Å². The zero-order valence-electron chi connectivity index (χ0n) is 12.1. The maximum absolute atomic E-state index is 6.28. The Kier molecular flexibility index (Phi) is 5.46. The van der Waals surface area contributed by atoms with Crippen molar-refractivity contribution in [1.29, 1.82) is 0 Å². The third-order valence-electron chi connectivity index (χ3n) is 4.76. The first-order valence-electron chi connectivity index (χ1n) is 7.67. The maximum Gasteiger partial charge on any atom is 0.0469 e. The molecule has 2 N–H and O–H groups in total. The molecule has 106 valence electrons. The van der Waals surface area contributed by atoms with Crippen molar-refractivity contribution in [2.24, 2.45) is 23.5 Å². The van der Waals surface area contributed by atoms with Gasteiger partial charge in [-0.1, -0.05) is 6.92 Å². The first-order valence-corrected chi connectivity index (χ1v) is 7.67. The van der Waals surface area contributed by atoms with Gasteiger partial charge in [0.05, 0.1) is 0 Å². The van der Waals surface area contributed by atoms with Gasteiger partial charge in [-0.05, 0) is 56.9 Å². The van der Waals surface area contributed by atoms with Crippen LogP contribution in [0.1, 0.15) is 39.0 Å². The molecule has 1 saturated heterocycles. The van der Waals surface area contributed by atoms with Crippen molar-refractivity contribution < 1.29 is 4.74 Å². The van der Waals surface area contributed by atoms with Gasteiger partial charge in [-0.3, -0.25) is 0 Å². The quantitative estimate of drug-likeness (QED) is 0.835. The summed E-state index contributed by atoms with van der Waals surface area (Å²) >= 11 is 0. The van der Waals surface area contributed by atoms with Crippen LogP contribution in [0.5, 0.6) is 0 Å². The van der Waals surface area contributed by atoms with Gasteiger partial charge in [0, 0.05) is 32.3 Å². The van der Waals surface area contributed by atoms with E-state index in [9.17, 15) is 0 Å². The fraction of sp³-hybridized carbons (Fsp3) is 1.00. The molecule has 1 heterocycles. The van der Waals surface area contributed by atoms with Crippen LogP contribution in [-0.2, 0) is 4.74 Å². The van der Waals surface area contributed by atoms with E-state index in [4.69, 9.17) is 10.5 Å². The van der Waals surface area contributed by atoms with Crippen LogP contribution in [-0.4, -0.2) is 44.3 Å². The van der Waals surface area contributed by atoms with E-state index in [0.29, 0.717) is 12.0 Å². The van der Waals surface area contributed by atoms with Crippen molar-refractivity contribution >= 4 is 0 Å². The number of hydrogen-bond acceptors (Lipinski definition) is 3. The van der Waals surface area contributed by atoms with Gasteiger partial charge in [0.1, 0.15) is 0 Å². The number of hydrogen-bond donors (Lipinski definition) is 1. The van der Waals surface area contributed by atoms with Gasteiger partial charge < -0.3 is 15.4 Å². The van der Waals surface area contributed by atoms with Gasteiger partial charge >= 0.3 is 0 Å². The molecule has 1 saturated carbocycles. The average molecular weight is 254 g/mol. The Morgan fingerprint density at radius 3 is 2.56 bits per heavy atom. The SMILES string of the molecule is CC1CCC(N)C(CN(C)CC2CCOCC2)C1. The molecule has 0 aromatic rings. The lowest BCUT2D eigenvalue weighted by Crippen LogP contribution is -2.43. The molecule has 0 aromatic heterocycles. The Hall–Kier alpha value is -0.120. The average Bonchev–Trinajstić information content (AvgIpc) is 2.35. The lowest BCUT2D eigenvalue weighted by molar-refractivity contribution is 0.0518. The molecule has 3 unspecified atom stereocenters. The number of ether oxygens (including phenoxy) is 1. The van der Waals surface area contributed by atoms with Crippen LogP contribution in [0.2, 0.25) is 0 Å². The van der Waals surface area contributed by atoms with Crippen molar-refractivity contribution in [1.82, 2.24) is 4.90 Å². The first-order chi connectivity index (χ1) is 8.65. The molecule has 3 nitrogen and oxygen atoms in total. The largest absolute Gasteiger partial charge is 0.381 e. The molecule has 0 amide bonds. The predicted molar refractivity (Wildman–Crippen MR) is 75.5 cm³/mol. The smallest absolute Gasteiger partial charge is 0.0469 e. The van der Waals surface area contributed by atoms with Gasteiger partial charge in [0.15, 0.2) is 0 Å². The number of nitrogens with two attached hydrogens (primary N) is 1. The Labute approximate surface area is 112 Å². The second kappa shape index (κ2) is 6.88. The molecule has 2 fully saturated rings. The molecular weight excluding hydrogens is 224 g/mol. The molecule has 2 aliphatic rings. The Bertz CT molecular complexity index is 241. The maximum atomic E-state index is 6.28. The highest BCUT2D eigenvalue weighted by Crippen LogP contribution is 2.28. The van der Waals surface area contributed by atoms with E-state index >= 15 is 0 Å². The van der Waals surface area contributed by atoms with Gasteiger partial charge in [-0.15, -0.1) is 0 Å². The van der Waals surface area contributed by atoms with E-state index in [1.54, 1.807) is 0 Å². The zero-order chi connectivity index (χ0) is 13.0. The summed E-state index contributed by atoms with van der Waals surface area (Å²) < 4.78 is 5.42. The monoisotopic (exact) mass is 254 g/mol. The number of nitrogens with zero attached hydrogens (tertiary/aromatic N) is 1. The standard InChI is InChI=1S/C15H30N2O/c1-12-3-4-15(16)14(9-12)11-17(2)10-13-5-7-18-8-6-13/h12-15H,3-11,16H2,1-2H3. The third kappa shape index (κ3) is 4.22. The Morgan fingerprint density at radius 1 is 1.11 bits per heavy atom. The lowest BCUT2D eigenvalue weighted by atomic mass is 9.79. The van der Waals surface area contributed by atoms with Gasteiger partial charge in [-0.2, -0.15) is 0 Å². The normalized spacial score (nSPS) is 35.0. The molecule has 0 bridgehead atoms. The molecule has 0 aromatic carbocycles. The molecule has 3 atom stereocenters. The molecule has 1 aliphatic heterocycles. The van der Waals surface area contributed by atoms with Crippen LogP contribution in [0.25, 0.3) is 0 Å². The van der Waals surface area contributed by atoms with Crippen molar-refractivity contribution in [3.8, 4) is 0 Å². The molecule has 0 spiro atoms. The van der Waals surface area contributed by atoms with E-state index in [1.807, 2.05) is 0 Å². The fourth-order valence-corrected chi connectivity index (χ4v) is 3.58. The highest BCUT2D eigenvalue weighted by atomic mass is 16.5. The summed E-state index contributed by atoms with van der Waals surface area (Å²) in [6, 6.07) is 0.429. The van der Waals surface area contributed by atoms with E-state index < -0.39 is 0 Å². The minimum atomic E-state index is 0.429. The second-order valence-corrected chi connectivity index (χ2v) is 6.62. The van der Waals surface area contributed by atoms with E-state index in [0.717, 1.165) is 25.0 Å². The molecule has 2 rings (SSSR count). The van der Waals surface area contributed by atoms with Crippen LogP contribution < -0.4 is 5.73 Å². The summed E-state index contributed by atoms with van der Waals surface area (Å²) in [6.07, 6.45) is 6.33. The Morgan fingerprint density at radius 2 is 1.83 bits per heavy atom. The summed E-state index contributed by atoms with van der Waals surface area (Å²) in [7, 11) is 2.27. The van der Waals surface area contributed by atoms with Gasteiger partial charge in [0.25, 0.3) is 0 Å². The minimum Gasteiger partial charge on any atom is -0.381 e. The van der Waals surface area contributed by atoms with Crippen LogP contribution in [0.15, 0.2) is 0 Å². The molecule has 18 heavy (non-hydrogen) atoms. The molecule has 0 radical (unpaired) electrons. The van der Waals surface area contributed by atoms with E-state index in [-0.39, 0.29) is 0 Å². The molecule has 1 aliphatic carbocycles. The highest BCUT2D eigenvalue weighted by molar-refractivity contribution is 4.83. The van der Waals surface area contributed by atoms with Crippen LogP contribution >= 0.6 is 0 Å². The minimum absolute atomic E-state index is 0.429. The second-order valence-electron chi connectivity index (χ2n) is 6.62. The Balaban J connectivity index is 1.73. The lowest BCUT2D eigenvalue weighted by Gasteiger charge is -2.36. The molecule has 3 heteroatoms. The highest BCUT2D eigenvalue weighted by Gasteiger charge is 2.27. The van der Waals surface area contributed by atoms with Gasteiger partial charge in [0.2, 0.25) is 0 Å². The number of rotatable bonds is 4. The summed E-state index contributed by atoms with van der Waals surface area (Å²) in [4.78, 5) is 2.51. The topological polar surface area (TPSA) is 38.5 Å². The first kappa shape index (κ1) is 14.3. The summed E-state index contributed by atoms with van der Waals surface area (Å²) in [6.45, 7) is 6.69. The van der Waals surface area contributed by atoms with Crippen molar-refractivity contribution in [2.45, 2.75) is 45.1 Å². The van der Waals surface area contributed by atoms with Crippen LogP contribution in [0.4, 0.5) is 0 Å². The summed E-state index contributed by atoms with van der Waals surface area (Å²) in [5.74, 6) is 2.41. The van der Waals surface area contributed by atoms with Crippen molar-refractivity contribution in [2.75, 3.05) is 33.4 Å².